The number of carboxylic acid groups (broad SMARTS) is 1. The maximum Gasteiger partial charge on any atom is 0.326 e. The predicted octanol–water partition coefficient (Wildman–Crippen LogP) is 7.24. The molecular weight excluding hydrogens is 528 g/mol. The zero-order valence-electron chi connectivity index (χ0n) is 23.8. The van der Waals surface area contributed by atoms with Crippen LogP contribution in [0, 0.1) is 6.92 Å². The molecule has 0 saturated heterocycles. The van der Waals surface area contributed by atoms with Gasteiger partial charge in [-0.3, -0.25) is 4.79 Å². The topological polar surface area (TPSA) is 69.6 Å². The number of hydrogen-bond donors (Lipinski definition) is 2. The summed E-state index contributed by atoms with van der Waals surface area (Å²) in [4.78, 5) is 27.7. The molecule has 1 unspecified atom stereocenters. The fraction of sp³-hybridized carbons (Fsp3) is 0.257. The van der Waals surface area contributed by atoms with Crippen molar-refractivity contribution in [1.82, 2.24) is 5.32 Å². The lowest BCUT2D eigenvalue weighted by molar-refractivity contribution is -0.139. The van der Waals surface area contributed by atoms with Gasteiger partial charge in [0.2, 0.25) is 0 Å². The molecule has 4 rings (SSSR count). The molecule has 0 bridgehead atoms. The number of para-hydroxylation sites is 1. The Morgan fingerprint density at radius 3 is 2.22 bits per heavy atom. The Balaban J connectivity index is 1.63. The average Bonchev–Trinajstić information content (AvgIpc) is 2.99. The van der Waals surface area contributed by atoms with Gasteiger partial charge in [0.15, 0.2) is 0 Å². The Kier molecular flexibility index (Phi) is 11.0. The van der Waals surface area contributed by atoms with Crippen molar-refractivity contribution >= 4 is 29.3 Å². The Morgan fingerprint density at radius 2 is 1.54 bits per heavy atom. The van der Waals surface area contributed by atoms with Crippen LogP contribution >= 0.6 is 11.8 Å². The molecule has 4 aromatic rings. The van der Waals surface area contributed by atoms with E-state index in [2.05, 4.69) is 64.8 Å². The van der Waals surface area contributed by atoms with Crippen molar-refractivity contribution in [2.24, 2.45) is 0 Å². The van der Waals surface area contributed by atoms with Crippen molar-refractivity contribution in [3.05, 3.63) is 125 Å². The molecule has 0 aromatic heterocycles. The Hall–Kier alpha value is -4.03. The molecule has 0 saturated carbocycles. The molecular formula is C35H38N2O3S. The second kappa shape index (κ2) is 15.1. The predicted molar refractivity (Wildman–Crippen MR) is 171 cm³/mol. The van der Waals surface area contributed by atoms with Gasteiger partial charge in [0, 0.05) is 24.3 Å². The Labute approximate surface area is 247 Å². The van der Waals surface area contributed by atoms with Crippen LogP contribution in [0.15, 0.2) is 103 Å². The largest absolute Gasteiger partial charge is 0.480 e. The third-order valence-corrected chi connectivity index (χ3v) is 7.85. The van der Waals surface area contributed by atoms with E-state index in [1.807, 2.05) is 61.7 Å². The minimum absolute atomic E-state index is 0.369. The van der Waals surface area contributed by atoms with Gasteiger partial charge in [0.1, 0.15) is 6.04 Å². The van der Waals surface area contributed by atoms with E-state index in [9.17, 15) is 14.7 Å². The van der Waals surface area contributed by atoms with Gasteiger partial charge in [-0.1, -0.05) is 78.9 Å². The fourth-order valence-electron chi connectivity index (χ4n) is 4.99. The Bertz CT molecular complexity index is 1430. The van der Waals surface area contributed by atoms with Crippen LogP contribution in [0.4, 0.5) is 5.69 Å². The van der Waals surface area contributed by atoms with Crippen LogP contribution in [0.5, 0.6) is 0 Å². The summed E-state index contributed by atoms with van der Waals surface area (Å²) in [6, 6.07) is 33.9. The number of benzene rings is 4. The van der Waals surface area contributed by atoms with Crippen LogP contribution in [0.25, 0.3) is 11.1 Å². The summed E-state index contributed by atoms with van der Waals surface area (Å²) in [5.41, 5.74) is 6.87. The first-order valence-electron chi connectivity index (χ1n) is 14.0. The Morgan fingerprint density at radius 1 is 0.854 bits per heavy atom. The first-order chi connectivity index (χ1) is 20.0. The van der Waals surface area contributed by atoms with Crippen molar-refractivity contribution in [2.45, 2.75) is 38.8 Å². The number of rotatable bonds is 14. The zero-order chi connectivity index (χ0) is 29.0. The van der Waals surface area contributed by atoms with E-state index in [1.165, 1.54) is 5.56 Å². The maximum atomic E-state index is 13.5. The molecule has 0 aliphatic carbocycles. The first-order valence-corrected chi connectivity index (χ1v) is 15.4. The average molecular weight is 567 g/mol. The first kappa shape index (κ1) is 29.9. The number of hydrogen-bond acceptors (Lipinski definition) is 4. The van der Waals surface area contributed by atoms with E-state index >= 15 is 0 Å². The van der Waals surface area contributed by atoms with E-state index in [0.717, 1.165) is 47.3 Å². The molecule has 1 atom stereocenters. The molecule has 5 nitrogen and oxygen atoms in total. The number of carbonyl (C=O) groups excluding carboxylic acids is 1. The summed E-state index contributed by atoms with van der Waals surface area (Å²) in [7, 11) is 0. The molecule has 4 aromatic carbocycles. The second-order valence-electron chi connectivity index (χ2n) is 10.2. The van der Waals surface area contributed by atoms with Gasteiger partial charge >= 0.3 is 5.97 Å². The molecule has 0 aliphatic heterocycles. The van der Waals surface area contributed by atoms with E-state index in [0.29, 0.717) is 24.3 Å². The van der Waals surface area contributed by atoms with E-state index in [1.54, 1.807) is 11.8 Å². The van der Waals surface area contributed by atoms with Crippen LogP contribution in [-0.4, -0.2) is 41.6 Å². The van der Waals surface area contributed by atoms with E-state index in [-0.39, 0.29) is 5.91 Å². The number of carboxylic acids is 1. The van der Waals surface area contributed by atoms with Gasteiger partial charge in [-0.25, -0.2) is 4.79 Å². The summed E-state index contributed by atoms with van der Waals surface area (Å²) in [6.45, 7) is 3.60. The number of nitrogens with zero attached hydrogens (tertiary/aromatic N) is 1. The molecule has 6 heteroatoms. The molecule has 41 heavy (non-hydrogen) atoms. The minimum atomic E-state index is -1.02. The zero-order valence-corrected chi connectivity index (χ0v) is 24.6. The van der Waals surface area contributed by atoms with Crippen LogP contribution in [0.2, 0.25) is 0 Å². The number of thioether (sulfide) groups is 1. The lowest BCUT2D eigenvalue weighted by Crippen LogP contribution is -2.41. The fourth-order valence-corrected chi connectivity index (χ4v) is 5.46. The number of amides is 1. The van der Waals surface area contributed by atoms with Crippen molar-refractivity contribution in [3.63, 3.8) is 0 Å². The highest BCUT2D eigenvalue weighted by molar-refractivity contribution is 7.98. The molecule has 212 valence electrons. The molecule has 0 radical (unpaired) electrons. The van der Waals surface area contributed by atoms with Crippen LogP contribution in [0.1, 0.15) is 39.9 Å². The van der Waals surface area contributed by atoms with Gasteiger partial charge in [-0.05, 0) is 90.3 Å². The quantitative estimate of drug-likeness (QED) is 0.168. The van der Waals surface area contributed by atoms with Crippen molar-refractivity contribution in [2.75, 3.05) is 23.5 Å². The lowest BCUT2D eigenvalue weighted by atomic mass is 9.93. The third-order valence-electron chi connectivity index (χ3n) is 7.21. The number of aliphatic carboxylic acids is 1. The third kappa shape index (κ3) is 8.48. The monoisotopic (exact) mass is 566 g/mol. The smallest absolute Gasteiger partial charge is 0.326 e. The SMILES string of the molecule is CSCCC(NC(=O)c1ccc(CN(CCCc2ccccc2)c2ccccc2)cc1-c1ccccc1C)C(=O)O. The van der Waals surface area contributed by atoms with Gasteiger partial charge in [-0.15, -0.1) is 0 Å². The highest BCUT2D eigenvalue weighted by atomic mass is 32.2. The number of carbonyl (C=O) groups is 2. The van der Waals surface area contributed by atoms with Crippen LogP contribution < -0.4 is 10.2 Å². The van der Waals surface area contributed by atoms with Gasteiger partial charge in [0.25, 0.3) is 5.91 Å². The number of aryl methyl sites for hydroxylation is 2. The van der Waals surface area contributed by atoms with Crippen molar-refractivity contribution in [1.29, 1.82) is 0 Å². The number of nitrogens with one attached hydrogen (secondary N) is 1. The summed E-state index contributed by atoms with van der Waals surface area (Å²) in [5.74, 6) is -0.734. The molecule has 2 N–H and O–H groups in total. The highest BCUT2D eigenvalue weighted by Crippen LogP contribution is 2.29. The second-order valence-corrected chi connectivity index (χ2v) is 11.2. The molecule has 0 spiro atoms. The maximum absolute atomic E-state index is 13.5. The lowest BCUT2D eigenvalue weighted by Gasteiger charge is -2.26. The van der Waals surface area contributed by atoms with Gasteiger partial charge in [-0.2, -0.15) is 11.8 Å². The highest BCUT2D eigenvalue weighted by Gasteiger charge is 2.23. The van der Waals surface area contributed by atoms with E-state index < -0.39 is 12.0 Å². The van der Waals surface area contributed by atoms with Crippen LogP contribution in [0.3, 0.4) is 0 Å². The van der Waals surface area contributed by atoms with Gasteiger partial charge in [0.05, 0.1) is 0 Å². The number of anilines is 1. The van der Waals surface area contributed by atoms with Crippen LogP contribution in [-0.2, 0) is 17.8 Å². The van der Waals surface area contributed by atoms with Crippen molar-refractivity contribution < 1.29 is 14.7 Å². The summed E-state index contributed by atoms with van der Waals surface area (Å²) in [6.07, 6.45) is 4.31. The molecule has 0 heterocycles. The standard InChI is InChI=1S/C35H38N2O3S/c1-26-12-9-10-18-30(26)32-24-28(19-20-31(32)34(38)36-33(35(39)40)21-23-41-2)25-37(29-16-7-4-8-17-29)22-11-15-27-13-5-3-6-14-27/h3-10,12-14,16-20,24,33H,11,15,21-23,25H2,1-2H3,(H,36,38)(H,39,40). The molecule has 0 fully saturated rings. The van der Waals surface area contributed by atoms with E-state index in [4.69, 9.17) is 0 Å². The molecule has 1 amide bonds. The molecule has 0 aliphatic rings. The summed E-state index contributed by atoms with van der Waals surface area (Å²) >= 11 is 1.56. The van der Waals surface area contributed by atoms with Gasteiger partial charge < -0.3 is 15.3 Å². The minimum Gasteiger partial charge on any atom is -0.480 e. The summed E-state index contributed by atoms with van der Waals surface area (Å²) < 4.78 is 0. The van der Waals surface area contributed by atoms with Crippen molar-refractivity contribution in [3.8, 4) is 11.1 Å². The summed E-state index contributed by atoms with van der Waals surface area (Å²) in [5, 5.41) is 12.5. The normalized spacial score (nSPS) is 11.6.